The number of sulfone groups is 1. The monoisotopic (exact) mass is 341 g/mol. The zero-order valence-electron chi connectivity index (χ0n) is 13.5. The highest BCUT2D eigenvalue weighted by Crippen LogP contribution is 2.44. The fourth-order valence-electron chi connectivity index (χ4n) is 3.14. The van der Waals surface area contributed by atoms with E-state index in [1.54, 1.807) is 26.0 Å². The molecule has 0 radical (unpaired) electrons. The van der Waals surface area contributed by atoms with Gasteiger partial charge in [-0.1, -0.05) is 0 Å². The van der Waals surface area contributed by atoms with Gasteiger partial charge in [-0.25, -0.2) is 13.3 Å². The molecule has 1 aromatic carbocycles. The topological polar surface area (TPSA) is 75.9 Å². The van der Waals surface area contributed by atoms with Gasteiger partial charge in [-0.15, -0.1) is 0 Å². The Hall–Kier alpha value is -1.67. The first-order valence-corrected chi connectivity index (χ1v) is 9.02. The highest BCUT2D eigenvalue weighted by Gasteiger charge is 2.46. The molecule has 7 nitrogen and oxygen atoms in total. The van der Waals surface area contributed by atoms with Gasteiger partial charge in [0, 0.05) is 19.2 Å². The first-order valence-electron chi connectivity index (χ1n) is 7.53. The van der Waals surface area contributed by atoms with E-state index in [4.69, 9.17) is 9.57 Å². The van der Waals surface area contributed by atoms with Gasteiger partial charge in [0.15, 0.2) is 16.9 Å². The average Bonchev–Trinajstić information content (AvgIpc) is 2.71. The fraction of sp³-hybridized carbons (Fsp3) is 0.600. The van der Waals surface area contributed by atoms with Crippen LogP contribution in [0.1, 0.15) is 19.4 Å². The van der Waals surface area contributed by atoms with Crippen molar-refractivity contribution in [2.45, 2.75) is 29.9 Å². The fourth-order valence-corrected chi connectivity index (χ4v) is 4.83. The molecule has 0 N–H and O–H groups in total. The Bertz CT molecular complexity index is 751. The highest BCUT2D eigenvalue weighted by atomic mass is 32.2. The maximum absolute atomic E-state index is 12.7. The molecule has 0 aromatic heterocycles. The molecule has 1 aromatic rings. The van der Waals surface area contributed by atoms with E-state index in [9.17, 15) is 13.3 Å². The SMILES string of the molecule is CO[N+](=O)c1cc2c(cc1N1CCOCC1)S(=O)(=O)C(C)(C)C2. The van der Waals surface area contributed by atoms with Gasteiger partial charge >= 0.3 is 5.69 Å². The summed E-state index contributed by atoms with van der Waals surface area (Å²) in [6.45, 7) is 5.71. The molecular weight excluding hydrogens is 320 g/mol. The number of hydrogen-bond donors (Lipinski definition) is 0. The maximum Gasteiger partial charge on any atom is 0.340 e. The quantitative estimate of drug-likeness (QED) is 0.778. The summed E-state index contributed by atoms with van der Waals surface area (Å²) in [5.41, 5.74) is 1.58. The molecule has 1 fully saturated rings. The van der Waals surface area contributed by atoms with E-state index >= 15 is 0 Å². The average molecular weight is 341 g/mol. The van der Waals surface area contributed by atoms with E-state index in [0.717, 1.165) is 0 Å². The molecule has 0 saturated carbocycles. The van der Waals surface area contributed by atoms with Crippen molar-refractivity contribution >= 4 is 21.2 Å². The van der Waals surface area contributed by atoms with Crippen molar-refractivity contribution in [3.63, 3.8) is 0 Å². The van der Waals surface area contributed by atoms with E-state index in [1.165, 1.54) is 7.11 Å². The number of benzene rings is 1. The Balaban J connectivity index is 2.17. The zero-order chi connectivity index (χ0) is 16.8. The summed E-state index contributed by atoms with van der Waals surface area (Å²) in [5, 5.41) is 0. The third-order valence-electron chi connectivity index (χ3n) is 4.51. The summed E-state index contributed by atoms with van der Waals surface area (Å²) in [4.78, 5) is 19.6. The molecule has 2 heterocycles. The summed E-state index contributed by atoms with van der Waals surface area (Å²) >= 11 is 0. The normalized spacial score (nSPS) is 21.8. The van der Waals surface area contributed by atoms with Gasteiger partial charge in [-0.05, 0) is 31.9 Å². The summed E-state index contributed by atoms with van der Waals surface area (Å²) < 4.78 is 29.9. The number of rotatable bonds is 3. The van der Waals surface area contributed by atoms with Crippen molar-refractivity contribution in [3.8, 4) is 0 Å². The molecule has 0 bridgehead atoms. The predicted molar refractivity (Wildman–Crippen MR) is 84.7 cm³/mol. The van der Waals surface area contributed by atoms with Crippen LogP contribution in [0.2, 0.25) is 0 Å². The van der Waals surface area contributed by atoms with Crippen molar-refractivity contribution in [2.75, 3.05) is 38.3 Å². The molecule has 2 aliphatic heterocycles. The molecular formula is C15H21N2O5S+. The largest absolute Gasteiger partial charge is 0.378 e. The van der Waals surface area contributed by atoms with E-state index in [0.29, 0.717) is 59.5 Å². The lowest BCUT2D eigenvalue weighted by atomic mass is 10.0. The van der Waals surface area contributed by atoms with E-state index in [2.05, 4.69) is 0 Å². The van der Waals surface area contributed by atoms with E-state index in [-0.39, 0.29) is 0 Å². The van der Waals surface area contributed by atoms with Gasteiger partial charge in [-0.3, -0.25) is 0 Å². The number of nitrogens with zero attached hydrogens (tertiary/aromatic N) is 2. The third-order valence-corrected chi connectivity index (χ3v) is 7.06. The van der Waals surface area contributed by atoms with Gasteiger partial charge in [0.2, 0.25) is 0 Å². The van der Waals surface area contributed by atoms with Crippen LogP contribution in [0.5, 0.6) is 0 Å². The number of fused-ring (bicyclic) bond motifs is 1. The summed E-state index contributed by atoms with van der Waals surface area (Å²) in [5.74, 6) is 0. The standard InChI is InChI=1S/C15H21N2O5S/c1-15(2)10-11-8-13(17(18)21-3)12(9-14(11)23(15,19)20)16-4-6-22-7-5-16/h8-9H,4-7,10H2,1-3H3/q+1. The lowest BCUT2D eigenvalue weighted by molar-refractivity contribution is -0.736. The molecule has 0 atom stereocenters. The molecule has 23 heavy (non-hydrogen) atoms. The first-order chi connectivity index (χ1) is 10.8. The van der Waals surface area contributed by atoms with Crippen molar-refractivity contribution < 1.29 is 22.9 Å². The highest BCUT2D eigenvalue weighted by molar-refractivity contribution is 7.93. The van der Waals surface area contributed by atoms with Crippen LogP contribution in [0.4, 0.5) is 11.4 Å². The third kappa shape index (κ3) is 2.49. The van der Waals surface area contributed by atoms with Gasteiger partial charge in [0.05, 0.1) is 27.8 Å². The molecule has 8 heteroatoms. The molecule has 2 aliphatic rings. The molecule has 0 amide bonds. The second kappa shape index (κ2) is 5.45. The summed E-state index contributed by atoms with van der Waals surface area (Å²) in [6.07, 6.45) is 0.388. The van der Waals surface area contributed by atoms with Crippen LogP contribution >= 0.6 is 0 Å². The Labute approximate surface area is 135 Å². The van der Waals surface area contributed by atoms with E-state index < -0.39 is 14.6 Å². The predicted octanol–water partition coefficient (Wildman–Crippen LogP) is 1.60. The minimum Gasteiger partial charge on any atom is -0.378 e. The Morgan fingerprint density at radius 1 is 1.26 bits per heavy atom. The van der Waals surface area contributed by atoms with Crippen LogP contribution < -0.4 is 4.90 Å². The van der Waals surface area contributed by atoms with Crippen LogP contribution in [0.3, 0.4) is 0 Å². The minimum atomic E-state index is -3.41. The van der Waals surface area contributed by atoms with Crippen LogP contribution in [-0.4, -0.2) is 51.5 Å². The van der Waals surface area contributed by atoms with Crippen LogP contribution in [-0.2, 0) is 25.8 Å². The molecule has 1 saturated heterocycles. The first kappa shape index (κ1) is 16.2. The maximum atomic E-state index is 12.7. The van der Waals surface area contributed by atoms with E-state index in [1.807, 2.05) is 4.90 Å². The zero-order valence-corrected chi connectivity index (χ0v) is 14.4. The molecule has 0 aliphatic carbocycles. The van der Waals surface area contributed by atoms with Crippen LogP contribution in [0.15, 0.2) is 17.0 Å². The van der Waals surface area contributed by atoms with Crippen LogP contribution in [0, 0.1) is 4.91 Å². The van der Waals surface area contributed by atoms with Gasteiger partial charge in [0.1, 0.15) is 5.69 Å². The second-order valence-corrected chi connectivity index (χ2v) is 8.98. The van der Waals surface area contributed by atoms with Gasteiger partial charge in [0.25, 0.3) is 4.92 Å². The van der Waals surface area contributed by atoms with Crippen LogP contribution in [0.25, 0.3) is 0 Å². The number of ether oxygens (including phenoxy) is 1. The Morgan fingerprint density at radius 2 is 1.91 bits per heavy atom. The number of morpholine rings is 1. The lowest BCUT2D eigenvalue weighted by Crippen LogP contribution is -2.36. The Morgan fingerprint density at radius 3 is 2.52 bits per heavy atom. The van der Waals surface area contributed by atoms with Gasteiger partial charge < -0.3 is 9.64 Å². The molecule has 0 unspecified atom stereocenters. The van der Waals surface area contributed by atoms with Gasteiger partial charge in [-0.2, -0.15) is 0 Å². The number of hydrogen-bond acceptors (Lipinski definition) is 6. The lowest BCUT2D eigenvalue weighted by Gasteiger charge is -2.28. The minimum absolute atomic E-state index is 0.317. The molecule has 0 spiro atoms. The molecule has 126 valence electrons. The van der Waals surface area contributed by atoms with Crippen molar-refractivity contribution in [2.24, 2.45) is 0 Å². The van der Waals surface area contributed by atoms with Crippen molar-refractivity contribution in [3.05, 3.63) is 22.6 Å². The smallest absolute Gasteiger partial charge is 0.340 e. The van der Waals surface area contributed by atoms with Crippen molar-refractivity contribution in [1.82, 2.24) is 0 Å². The summed E-state index contributed by atoms with van der Waals surface area (Å²) in [7, 11) is -2.12. The summed E-state index contributed by atoms with van der Waals surface area (Å²) in [6, 6.07) is 3.26. The molecule has 3 rings (SSSR count). The Kier molecular flexibility index (Phi) is 3.84. The number of anilines is 1. The van der Waals surface area contributed by atoms with Crippen molar-refractivity contribution in [1.29, 1.82) is 0 Å². The second-order valence-electron chi connectivity index (χ2n) is 6.43.